The van der Waals surface area contributed by atoms with Crippen molar-refractivity contribution in [2.45, 2.75) is 49.9 Å². The second-order valence-electron chi connectivity index (χ2n) is 7.42. The van der Waals surface area contributed by atoms with Gasteiger partial charge in [0.2, 0.25) is 17.3 Å². The van der Waals surface area contributed by atoms with Crippen molar-refractivity contribution in [2.24, 2.45) is 0 Å². The number of nitrogens with one attached hydrogen (secondary N) is 1. The Bertz CT molecular complexity index is 956. The van der Waals surface area contributed by atoms with Gasteiger partial charge in [0.15, 0.2) is 6.10 Å². The van der Waals surface area contributed by atoms with Crippen molar-refractivity contribution in [2.75, 3.05) is 7.11 Å². The van der Waals surface area contributed by atoms with Crippen molar-refractivity contribution in [3.8, 4) is 0 Å². The molecule has 9 nitrogen and oxygen atoms in total. The van der Waals surface area contributed by atoms with E-state index in [1.807, 2.05) is 6.92 Å². The molecular weight excluding hydrogens is 406 g/mol. The van der Waals surface area contributed by atoms with Crippen LogP contribution in [-0.4, -0.2) is 69.5 Å². The number of carbonyl (C=O) groups excluding carboxylic acids is 3. The number of hydrogen-bond donors (Lipinski definition) is 4. The van der Waals surface area contributed by atoms with Crippen LogP contribution in [-0.2, 0) is 19.1 Å². The van der Waals surface area contributed by atoms with Crippen molar-refractivity contribution in [3.63, 3.8) is 0 Å². The number of methoxy groups -OCH3 is 1. The van der Waals surface area contributed by atoms with Crippen LogP contribution in [0.1, 0.15) is 30.6 Å². The molecule has 2 aliphatic heterocycles. The Morgan fingerprint density at radius 2 is 1.94 bits per heavy atom. The molecule has 1 saturated heterocycles. The van der Waals surface area contributed by atoms with Gasteiger partial charge in [0.05, 0.1) is 0 Å². The van der Waals surface area contributed by atoms with Gasteiger partial charge in [0.1, 0.15) is 18.0 Å². The summed E-state index contributed by atoms with van der Waals surface area (Å²) < 4.78 is 10.8. The summed E-state index contributed by atoms with van der Waals surface area (Å²) in [5.41, 5.74) is -4.83. The molecule has 0 aliphatic carbocycles. The molecular formula is C22H25NO8. The van der Waals surface area contributed by atoms with E-state index in [1.165, 1.54) is 25.1 Å². The van der Waals surface area contributed by atoms with Crippen LogP contribution in [0.2, 0.25) is 0 Å². The number of ether oxygens (including phenoxy) is 2. The van der Waals surface area contributed by atoms with Gasteiger partial charge in [-0.15, -0.1) is 0 Å². The number of benzene rings is 1. The van der Waals surface area contributed by atoms with Crippen molar-refractivity contribution in [3.05, 3.63) is 59.4 Å². The molecule has 1 spiro atoms. The lowest BCUT2D eigenvalue weighted by atomic mass is 9.85. The fourth-order valence-corrected chi connectivity index (χ4v) is 3.81. The lowest BCUT2D eigenvalue weighted by molar-refractivity contribution is -0.163. The van der Waals surface area contributed by atoms with Gasteiger partial charge in [-0.2, -0.15) is 0 Å². The summed E-state index contributed by atoms with van der Waals surface area (Å²) in [5.74, 6) is -3.15. The van der Waals surface area contributed by atoms with Gasteiger partial charge in [-0.1, -0.05) is 49.4 Å². The molecule has 3 rings (SSSR count). The molecule has 1 unspecified atom stereocenters. The first-order chi connectivity index (χ1) is 14.7. The Kier molecular flexibility index (Phi) is 6.15. The Morgan fingerprint density at radius 1 is 1.29 bits per heavy atom. The molecule has 1 amide bonds. The maximum Gasteiger partial charge on any atom is 0.278 e. The zero-order chi connectivity index (χ0) is 23.0. The standard InChI is InChI=1S/C22H25NO8/c1-4-5-11-14(24)15(25)16-12(2)17(26)21(31-16)19(28)22(30-3,23-20(21)29)18(27)13-9-7-6-8-10-13/h5-11,14-15,19,24-25,28H,4H2,1-3H3,(H,23,29)/b11-5-/t14-,15-,19?,21-,22-/m1/s1. The fraction of sp³-hybridized carbons (Fsp3) is 0.409. The molecule has 0 radical (unpaired) electrons. The number of aliphatic hydroxyl groups excluding tert-OH is 3. The Balaban J connectivity index is 1.99. The number of rotatable bonds is 7. The quantitative estimate of drug-likeness (QED) is 0.269. The monoisotopic (exact) mass is 431 g/mol. The highest BCUT2D eigenvalue weighted by Crippen LogP contribution is 2.44. The van der Waals surface area contributed by atoms with E-state index in [9.17, 15) is 29.7 Å². The van der Waals surface area contributed by atoms with Crippen LogP contribution in [0.4, 0.5) is 0 Å². The minimum atomic E-state index is -2.53. The third-order valence-electron chi connectivity index (χ3n) is 5.58. The summed E-state index contributed by atoms with van der Waals surface area (Å²) >= 11 is 0. The second-order valence-corrected chi connectivity index (χ2v) is 7.42. The molecule has 2 heterocycles. The van der Waals surface area contributed by atoms with Crippen LogP contribution in [0.5, 0.6) is 0 Å². The molecule has 5 atom stereocenters. The topological polar surface area (TPSA) is 142 Å². The first-order valence-corrected chi connectivity index (χ1v) is 9.80. The zero-order valence-corrected chi connectivity index (χ0v) is 17.4. The molecule has 4 N–H and O–H groups in total. The van der Waals surface area contributed by atoms with Gasteiger partial charge in [-0.3, -0.25) is 14.4 Å². The summed E-state index contributed by atoms with van der Waals surface area (Å²) in [6.07, 6.45) is -1.60. The fourth-order valence-electron chi connectivity index (χ4n) is 3.81. The summed E-state index contributed by atoms with van der Waals surface area (Å²) in [7, 11) is 1.11. The summed E-state index contributed by atoms with van der Waals surface area (Å²) in [6.45, 7) is 3.13. The van der Waals surface area contributed by atoms with Gasteiger partial charge < -0.3 is 30.1 Å². The van der Waals surface area contributed by atoms with Gasteiger partial charge >= 0.3 is 0 Å². The first kappa shape index (κ1) is 22.8. The summed E-state index contributed by atoms with van der Waals surface area (Å²) in [4.78, 5) is 39.2. The molecule has 31 heavy (non-hydrogen) atoms. The van der Waals surface area contributed by atoms with Crippen molar-refractivity contribution in [1.29, 1.82) is 0 Å². The smallest absolute Gasteiger partial charge is 0.278 e. The van der Waals surface area contributed by atoms with Crippen molar-refractivity contribution in [1.82, 2.24) is 5.32 Å². The van der Waals surface area contributed by atoms with E-state index in [-0.39, 0.29) is 16.9 Å². The molecule has 1 aromatic rings. The molecule has 1 aromatic carbocycles. The maximum atomic E-state index is 13.1. The zero-order valence-electron chi connectivity index (χ0n) is 17.4. The van der Waals surface area contributed by atoms with E-state index in [1.54, 1.807) is 24.3 Å². The Morgan fingerprint density at radius 3 is 2.52 bits per heavy atom. The van der Waals surface area contributed by atoms with E-state index in [0.29, 0.717) is 6.42 Å². The molecule has 0 saturated carbocycles. The SMILES string of the molecule is CC/C=C\[C@@H](O)[C@@H](O)C1=C(C)C(=O)[C@]2(O1)C(=O)N[C@@](OC)(C(=O)c1ccccc1)C2O. The third-order valence-corrected chi connectivity index (χ3v) is 5.58. The highest BCUT2D eigenvalue weighted by molar-refractivity contribution is 6.23. The first-order valence-electron chi connectivity index (χ1n) is 9.80. The highest BCUT2D eigenvalue weighted by Gasteiger charge is 2.74. The van der Waals surface area contributed by atoms with Crippen LogP contribution < -0.4 is 5.32 Å². The normalized spacial score (nSPS) is 30.1. The minimum Gasteiger partial charge on any atom is -0.467 e. The molecule has 0 bridgehead atoms. The van der Waals surface area contributed by atoms with Gasteiger partial charge in [-0.25, -0.2) is 0 Å². The van der Waals surface area contributed by atoms with Crippen LogP contribution >= 0.6 is 0 Å². The van der Waals surface area contributed by atoms with E-state index >= 15 is 0 Å². The predicted octanol–water partition coefficient (Wildman–Crippen LogP) is 0.00280. The lowest BCUT2D eigenvalue weighted by Crippen LogP contribution is -2.60. The minimum absolute atomic E-state index is 0.135. The molecule has 166 valence electrons. The average molecular weight is 431 g/mol. The molecule has 0 aromatic heterocycles. The van der Waals surface area contributed by atoms with Gasteiger partial charge in [0, 0.05) is 18.2 Å². The number of allylic oxidation sites excluding steroid dienone is 1. The maximum absolute atomic E-state index is 13.1. The Hall–Kier alpha value is -2.85. The van der Waals surface area contributed by atoms with E-state index in [2.05, 4.69) is 5.32 Å². The summed E-state index contributed by atoms with van der Waals surface area (Å²) in [5, 5.41) is 34.0. The van der Waals surface area contributed by atoms with Crippen LogP contribution in [0.15, 0.2) is 53.8 Å². The number of hydrogen-bond acceptors (Lipinski definition) is 8. The third kappa shape index (κ3) is 3.30. The van der Waals surface area contributed by atoms with Gasteiger partial charge in [-0.05, 0) is 13.3 Å². The predicted molar refractivity (Wildman–Crippen MR) is 108 cm³/mol. The average Bonchev–Trinajstić information content (AvgIpc) is 3.18. The largest absolute Gasteiger partial charge is 0.467 e. The highest BCUT2D eigenvalue weighted by atomic mass is 16.6. The van der Waals surface area contributed by atoms with E-state index in [4.69, 9.17) is 9.47 Å². The van der Waals surface area contributed by atoms with Crippen molar-refractivity contribution >= 4 is 17.5 Å². The molecule has 2 aliphatic rings. The van der Waals surface area contributed by atoms with E-state index in [0.717, 1.165) is 7.11 Å². The second kappa shape index (κ2) is 8.35. The Labute approximate surface area is 179 Å². The van der Waals surface area contributed by atoms with Gasteiger partial charge in [0.25, 0.3) is 11.5 Å². The van der Waals surface area contributed by atoms with Crippen LogP contribution in [0.25, 0.3) is 0 Å². The lowest BCUT2D eigenvalue weighted by Gasteiger charge is -2.32. The molecule has 9 heteroatoms. The number of amides is 1. The van der Waals surface area contributed by atoms with Crippen molar-refractivity contribution < 1.29 is 39.2 Å². The van der Waals surface area contributed by atoms with Crippen LogP contribution in [0.3, 0.4) is 0 Å². The number of Topliss-reactive ketones (excluding diaryl/α,β-unsaturated/α-hetero) is 2. The number of carbonyl (C=O) groups is 3. The van der Waals surface area contributed by atoms with E-state index < -0.39 is 47.1 Å². The summed E-state index contributed by atoms with van der Waals surface area (Å²) in [6, 6.07) is 7.82. The molecule has 1 fully saturated rings. The van der Waals surface area contributed by atoms with Crippen LogP contribution in [0, 0.1) is 0 Å². The number of ketones is 2. The number of aliphatic hydroxyl groups is 3.